The van der Waals surface area contributed by atoms with Gasteiger partial charge in [0.2, 0.25) is 0 Å². The fourth-order valence-corrected chi connectivity index (χ4v) is 1.17. The molecule has 0 spiro atoms. The lowest BCUT2D eigenvalue weighted by molar-refractivity contribution is 1.24. The summed E-state index contributed by atoms with van der Waals surface area (Å²) in [6.45, 7) is 1.89. The zero-order valence-corrected chi connectivity index (χ0v) is 7.51. The molecule has 0 saturated carbocycles. The van der Waals surface area contributed by atoms with Crippen molar-refractivity contribution in [1.29, 1.82) is 5.26 Å². The van der Waals surface area contributed by atoms with Crippen LogP contribution >= 0.6 is 15.9 Å². The number of nitrogens with one attached hydrogen (secondary N) is 1. The predicted molar refractivity (Wildman–Crippen MR) is 45.9 cm³/mol. The highest BCUT2D eigenvalue weighted by atomic mass is 79.9. The Morgan fingerprint density at radius 1 is 1.73 bits per heavy atom. The van der Waals surface area contributed by atoms with E-state index in [1.807, 2.05) is 19.2 Å². The number of halogens is 1. The maximum Gasteiger partial charge on any atom is 0.182 e. The number of nitrogens with zero attached hydrogens (tertiary/aromatic N) is 2. The van der Waals surface area contributed by atoms with Crippen LogP contribution in [0.2, 0.25) is 0 Å². The van der Waals surface area contributed by atoms with Crippen LogP contribution < -0.4 is 5.32 Å². The van der Waals surface area contributed by atoms with Crippen LogP contribution in [0.5, 0.6) is 0 Å². The Hall–Kier alpha value is -1.08. The first-order valence-electron chi connectivity index (χ1n) is 3.01. The summed E-state index contributed by atoms with van der Waals surface area (Å²) < 4.78 is 0.915. The molecular weight excluding hydrogens is 206 g/mol. The third-order valence-corrected chi connectivity index (χ3v) is 1.65. The lowest BCUT2D eigenvalue weighted by Crippen LogP contribution is -1.93. The molecular formula is C7H6BrN3. The number of rotatable bonds is 1. The Kier molecular flexibility index (Phi) is 2.44. The van der Waals surface area contributed by atoms with Crippen LogP contribution in [0.4, 0.5) is 5.82 Å². The van der Waals surface area contributed by atoms with Crippen LogP contribution in [0.3, 0.4) is 0 Å². The Morgan fingerprint density at radius 3 is 3.00 bits per heavy atom. The third-order valence-electron chi connectivity index (χ3n) is 1.22. The normalized spacial score (nSPS) is 8.82. The molecule has 0 aliphatic carbocycles. The highest BCUT2D eigenvalue weighted by Gasteiger charge is 1.97. The molecule has 4 heteroatoms. The minimum atomic E-state index is 0.607. The molecule has 0 aliphatic heterocycles. The van der Waals surface area contributed by atoms with Gasteiger partial charge in [-0.3, -0.25) is 5.32 Å². The molecule has 1 aromatic heterocycles. The second-order valence-corrected chi connectivity index (χ2v) is 2.97. The lowest BCUT2D eigenvalue weighted by atomic mass is 10.3. The summed E-state index contributed by atoms with van der Waals surface area (Å²) in [5, 5.41) is 10.8. The monoisotopic (exact) mass is 211 g/mol. The summed E-state index contributed by atoms with van der Waals surface area (Å²) in [6, 6.07) is 1.90. The Bertz CT molecular complexity index is 303. The first kappa shape index (κ1) is 8.02. The van der Waals surface area contributed by atoms with Crippen molar-refractivity contribution in [1.82, 2.24) is 4.98 Å². The number of aryl methyl sites for hydroxylation is 1. The zero-order chi connectivity index (χ0) is 8.27. The van der Waals surface area contributed by atoms with E-state index in [4.69, 9.17) is 5.26 Å². The van der Waals surface area contributed by atoms with Crippen LogP contribution in [0.15, 0.2) is 16.7 Å². The van der Waals surface area contributed by atoms with Crippen molar-refractivity contribution < 1.29 is 0 Å². The molecule has 1 aromatic rings. The average molecular weight is 212 g/mol. The van der Waals surface area contributed by atoms with Gasteiger partial charge in [0.15, 0.2) is 6.19 Å². The molecule has 0 aliphatic rings. The highest BCUT2D eigenvalue weighted by molar-refractivity contribution is 9.10. The summed E-state index contributed by atoms with van der Waals surface area (Å²) in [5.41, 5.74) is 0.945. The van der Waals surface area contributed by atoms with Crippen molar-refractivity contribution in [2.24, 2.45) is 0 Å². The molecule has 0 aromatic carbocycles. The Labute approximate surface area is 73.2 Å². The fourth-order valence-electron chi connectivity index (χ4n) is 0.724. The second-order valence-electron chi connectivity index (χ2n) is 2.06. The zero-order valence-electron chi connectivity index (χ0n) is 5.93. The van der Waals surface area contributed by atoms with E-state index < -0.39 is 0 Å². The van der Waals surface area contributed by atoms with Gasteiger partial charge in [-0.05, 0) is 34.5 Å². The summed E-state index contributed by atoms with van der Waals surface area (Å²) in [7, 11) is 0. The fraction of sp³-hybridized carbons (Fsp3) is 0.143. The number of aromatic nitrogens is 1. The van der Waals surface area contributed by atoms with Crippen LogP contribution in [0, 0.1) is 18.4 Å². The maximum atomic E-state index is 8.30. The maximum absolute atomic E-state index is 8.30. The molecule has 1 heterocycles. The molecule has 0 unspecified atom stereocenters. The SMILES string of the molecule is Cc1cc(Br)cnc1NC#N. The first-order valence-corrected chi connectivity index (χ1v) is 3.80. The van der Waals surface area contributed by atoms with E-state index in [9.17, 15) is 0 Å². The quantitative estimate of drug-likeness (QED) is 0.572. The number of anilines is 1. The molecule has 0 atom stereocenters. The first-order chi connectivity index (χ1) is 5.24. The molecule has 0 bridgehead atoms. The molecule has 0 amide bonds. The molecule has 0 radical (unpaired) electrons. The predicted octanol–water partition coefficient (Wildman–Crippen LogP) is 2.05. The molecule has 11 heavy (non-hydrogen) atoms. The molecule has 56 valence electrons. The van der Waals surface area contributed by atoms with Crippen LogP contribution in [0.25, 0.3) is 0 Å². The van der Waals surface area contributed by atoms with Gasteiger partial charge in [-0.25, -0.2) is 4.98 Å². The van der Waals surface area contributed by atoms with E-state index >= 15 is 0 Å². The Balaban J connectivity index is 3.01. The van der Waals surface area contributed by atoms with Crippen molar-refractivity contribution in [3.8, 4) is 6.19 Å². The lowest BCUT2D eigenvalue weighted by Gasteiger charge is -2.00. The molecule has 1 rings (SSSR count). The van der Waals surface area contributed by atoms with Gasteiger partial charge in [0.05, 0.1) is 0 Å². The standard InChI is InChI=1S/C7H6BrN3/c1-5-2-6(8)3-10-7(5)11-4-9/h2-3H,1H3,(H,10,11). The number of pyridine rings is 1. The molecule has 1 N–H and O–H groups in total. The Morgan fingerprint density at radius 2 is 2.45 bits per heavy atom. The summed E-state index contributed by atoms with van der Waals surface area (Å²) in [6.07, 6.45) is 3.46. The molecule has 0 saturated heterocycles. The van der Waals surface area contributed by atoms with E-state index in [1.54, 1.807) is 6.20 Å². The van der Waals surface area contributed by atoms with Crippen LogP contribution in [-0.4, -0.2) is 4.98 Å². The smallest absolute Gasteiger partial charge is 0.182 e. The van der Waals surface area contributed by atoms with E-state index in [0.717, 1.165) is 10.0 Å². The van der Waals surface area contributed by atoms with Gasteiger partial charge in [-0.1, -0.05) is 0 Å². The van der Waals surface area contributed by atoms with E-state index in [2.05, 4.69) is 26.2 Å². The van der Waals surface area contributed by atoms with Gasteiger partial charge >= 0.3 is 0 Å². The topological polar surface area (TPSA) is 48.7 Å². The number of hydrogen-bond donors (Lipinski definition) is 1. The largest absolute Gasteiger partial charge is 0.277 e. The van der Waals surface area contributed by atoms with E-state index in [-0.39, 0.29) is 0 Å². The van der Waals surface area contributed by atoms with Gasteiger partial charge in [0.1, 0.15) is 5.82 Å². The summed E-state index contributed by atoms with van der Waals surface area (Å²) in [4.78, 5) is 3.99. The summed E-state index contributed by atoms with van der Waals surface area (Å²) in [5.74, 6) is 0.607. The van der Waals surface area contributed by atoms with Crippen molar-refractivity contribution >= 4 is 21.7 Å². The van der Waals surface area contributed by atoms with Crippen LogP contribution in [-0.2, 0) is 0 Å². The van der Waals surface area contributed by atoms with E-state index in [1.165, 1.54) is 0 Å². The van der Waals surface area contributed by atoms with Gasteiger partial charge < -0.3 is 0 Å². The number of nitriles is 1. The average Bonchev–Trinajstić information content (AvgIpc) is 1.95. The van der Waals surface area contributed by atoms with Crippen molar-refractivity contribution in [2.45, 2.75) is 6.92 Å². The van der Waals surface area contributed by atoms with Gasteiger partial charge in [-0.15, -0.1) is 0 Å². The van der Waals surface area contributed by atoms with E-state index in [0.29, 0.717) is 5.82 Å². The van der Waals surface area contributed by atoms with Gasteiger partial charge in [-0.2, -0.15) is 5.26 Å². The minimum Gasteiger partial charge on any atom is -0.277 e. The van der Waals surface area contributed by atoms with Gasteiger partial charge in [0.25, 0.3) is 0 Å². The molecule has 0 fully saturated rings. The van der Waals surface area contributed by atoms with Crippen molar-refractivity contribution in [2.75, 3.05) is 5.32 Å². The third kappa shape index (κ3) is 1.92. The highest BCUT2D eigenvalue weighted by Crippen LogP contribution is 2.15. The number of hydrogen-bond acceptors (Lipinski definition) is 3. The summed E-state index contributed by atoms with van der Waals surface area (Å²) >= 11 is 3.27. The molecule has 3 nitrogen and oxygen atoms in total. The van der Waals surface area contributed by atoms with Crippen molar-refractivity contribution in [3.05, 3.63) is 22.3 Å². The van der Waals surface area contributed by atoms with Gasteiger partial charge in [0, 0.05) is 10.7 Å². The second kappa shape index (κ2) is 3.35. The minimum absolute atomic E-state index is 0.607. The van der Waals surface area contributed by atoms with Crippen molar-refractivity contribution in [3.63, 3.8) is 0 Å². The van der Waals surface area contributed by atoms with Crippen LogP contribution in [0.1, 0.15) is 5.56 Å².